The second-order valence-corrected chi connectivity index (χ2v) is 5.79. The lowest BCUT2D eigenvalue weighted by Gasteiger charge is -2.09. The minimum absolute atomic E-state index is 0.0381. The van der Waals surface area contributed by atoms with Crippen LogP contribution in [0.25, 0.3) is 11.3 Å². The van der Waals surface area contributed by atoms with Gasteiger partial charge in [0, 0.05) is 23.2 Å². The van der Waals surface area contributed by atoms with Gasteiger partial charge in [-0.15, -0.1) is 0 Å². The highest BCUT2D eigenvalue weighted by Gasteiger charge is 2.50. The van der Waals surface area contributed by atoms with Gasteiger partial charge >= 0.3 is 5.97 Å². The van der Waals surface area contributed by atoms with Crippen LogP contribution in [0.3, 0.4) is 0 Å². The van der Waals surface area contributed by atoms with E-state index < -0.39 is 17.3 Å². The number of nitrogens with zero attached hydrogens (tertiary/aromatic N) is 1. The molecular weight excluding hydrogens is 308 g/mol. The third-order valence-electron chi connectivity index (χ3n) is 3.75. The Balaban J connectivity index is 1.68. The fourth-order valence-corrected chi connectivity index (χ4v) is 2.31. The maximum Gasteiger partial charge on any atom is 0.311 e. The molecule has 1 aromatic carbocycles. The Bertz CT molecular complexity index is 737. The van der Waals surface area contributed by atoms with Crippen LogP contribution in [0, 0.1) is 5.41 Å². The van der Waals surface area contributed by atoms with Crippen LogP contribution in [0.4, 0.5) is 0 Å². The maximum atomic E-state index is 12.0. The zero-order valence-corrected chi connectivity index (χ0v) is 12.3. The van der Waals surface area contributed by atoms with Crippen molar-refractivity contribution in [1.82, 2.24) is 10.5 Å². The number of carboxylic acids is 1. The molecule has 1 aliphatic carbocycles. The summed E-state index contributed by atoms with van der Waals surface area (Å²) in [5, 5.41) is 16.0. The molecule has 1 fully saturated rings. The number of aromatic nitrogens is 1. The highest BCUT2D eigenvalue weighted by molar-refractivity contribution is 6.30. The number of hydrogen-bond donors (Lipinski definition) is 2. The van der Waals surface area contributed by atoms with Crippen molar-refractivity contribution < 1.29 is 19.2 Å². The van der Waals surface area contributed by atoms with E-state index in [4.69, 9.17) is 21.2 Å². The molecule has 2 aromatic rings. The van der Waals surface area contributed by atoms with E-state index in [2.05, 4.69) is 10.5 Å². The van der Waals surface area contributed by atoms with Gasteiger partial charge in [0.05, 0.1) is 5.41 Å². The molecule has 0 saturated heterocycles. The first-order valence-electron chi connectivity index (χ1n) is 6.74. The van der Waals surface area contributed by atoms with E-state index in [0.29, 0.717) is 23.6 Å². The molecule has 0 spiro atoms. The Morgan fingerprint density at radius 1 is 1.36 bits per heavy atom. The molecule has 7 heteroatoms. The fraction of sp³-hybridized carbons (Fsp3) is 0.267. The van der Waals surface area contributed by atoms with Gasteiger partial charge in [0.2, 0.25) is 5.76 Å². The van der Waals surface area contributed by atoms with Gasteiger partial charge in [0.15, 0.2) is 0 Å². The molecule has 0 aliphatic heterocycles. The molecule has 3 rings (SSSR count). The summed E-state index contributed by atoms with van der Waals surface area (Å²) in [6.07, 6.45) is 1.15. The SMILES string of the molecule is O=C(NCC1(C(=O)O)CC1)c1cc(-c2cccc(Cl)c2)no1. The van der Waals surface area contributed by atoms with Gasteiger partial charge < -0.3 is 14.9 Å². The zero-order valence-electron chi connectivity index (χ0n) is 11.5. The maximum absolute atomic E-state index is 12.0. The summed E-state index contributed by atoms with van der Waals surface area (Å²) in [7, 11) is 0. The third-order valence-corrected chi connectivity index (χ3v) is 3.98. The molecule has 1 amide bonds. The van der Waals surface area contributed by atoms with Crippen LogP contribution in [0.5, 0.6) is 0 Å². The molecule has 1 saturated carbocycles. The molecular formula is C15H13ClN2O4. The molecule has 0 radical (unpaired) electrons. The number of halogens is 1. The molecule has 1 aromatic heterocycles. The highest BCUT2D eigenvalue weighted by atomic mass is 35.5. The average molecular weight is 321 g/mol. The van der Waals surface area contributed by atoms with Crippen molar-refractivity contribution in [2.45, 2.75) is 12.8 Å². The summed E-state index contributed by atoms with van der Waals surface area (Å²) in [5.74, 6) is -1.32. The number of carboxylic acid groups (broad SMARTS) is 1. The molecule has 0 unspecified atom stereocenters. The van der Waals surface area contributed by atoms with Crippen LogP contribution in [0.2, 0.25) is 5.02 Å². The zero-order chi connectivity index (χ0) is 15.7. The van der Waals surface area contributed by atoms with Crippen LogP contribution in [0.1, 0.15) is 23.4 Å². The Labute approximate surface area is 131 Å². The Hall–Kier alpha value is -2.34. The molecule has 0 bridgehead atoms. The van der Waals surface area contributed by atoms with Crippen molar-refractivity contribution >= 4 is 23.5 Å². The van der Waals surface area contributed by atoms with Gasteiger partial charge in [-0.1, -0.05) is 28.9 Å². The van der Waals surface area contributed by atoms with Gasteiger partial charge in [0.25, 0.3) is 5.91 Å². The van der Waals surface area contributed by atoms with Crippen molar-refractivity contribution in [3.05, 3.63) is 41.1 Å². The van der Waals surface area contributed by atoms with E-state index in [1.807, 2.05) is 0 Å². The lowest BCUT2D eigenvalue weighted by molar-refractivity contribution is -0.143. The summed E-state index contributed by atoms with van der Waals surface area (Å²) in [6.45, 7) is 0.0916. The van der Waals surface area contributed by atoms with Gasteiger partial charge in [-0.2, -0.15) is 0 Å². The topological polar surface area (TPSA) is 92.4 Å². The second-order valence-electron chi connectivity index (χ2n) is 5.35. The van der Waals surface area contributed by atoms with Crippen LogP contribution >= 0.6 is 11.6 Å². The molecule has 114 valence electrons. The van der Waals surface area contributed by atoms with Gasteiger partial charge in [-0.05, 0) is 25.0 Å². The number of benzene rings is 1. The number of amides is 1. The lowest BCUT2D eigenvalue weighted by Crippen LogP contribution is -2.34. The van der Waals surface area contributed by atoms with E-state index in [1.165, 1.54) is 6.07 Å². The normalized spacial score (nSPS) is 15.3. The fourth-order valence-electron chi connectivity index (χ4n) is 2.12. The highest BCUT2D eigenvalue weighted by Crippen LogP contribution is 2.45. The van der Waals surface area contributed by atoms with E-state index in [0.717, 1.165) is 5.56 Å². The van der Waals surface area contributed by atoms with Gasteiger partial charge in [0.1, 0.15) is 5.69 Å². The molecule has 1 aliphatic rings. The van der Waals surface area contributed by atoms with Crippen LogP contribution in [-0.4, -0.2) is 28.7 Å². The summed E-state index contributed by atoms with van der Waals surface area (Å²) in [5.41, 5.74) is 0.414. The first kappa shape index (κ1) is 14.6. The molecule has 1 heterocycles. The monoisotopic (exact) mass is 320 g/mol. The minimum Gasteiger partial charge on any atom is -0.481 e. The Morgan fingerprint density at radius 2 is 2.14 bits per heavy atom. The number of hydrogen-bond acceptors (Lipinski definition) is 4. The number of rotatable bonds is 5. The van der Waals surface area contributed by atoms with Gasteiger partial charge in [-0.3, -0.25) is 9.59 Å². The summed E-state index contributed by atoms with van der Waals surface area (Å²) < 4.78 is 5.01. The van der Waals surface area contributed by atoms with Crippen molar-refractivity contribution in [2.24, 2.45) is 5.41 Å². The Kier molecular flexibility index (Phi) is 3.62. The third kappa shape index (κ3) is 2.82. The molecule has 22 heavy (non-hydrogen) atoms. The second kappa shape index (κ2) is 5.46. The van der Waals surface area contributed by atoms with Gasteiger partial charge in [-0.25, -0.2) is 0 Å². The number of nitrogens with one attached hydrogen (secondary N) is 1. The van der Waals surface area contributed by atoms with E-state index in [9.17, 15) is 9.59 Å². The number of aliphatic carboxylic acids is 1. The van der Waals surface area contributed by atoms with Crippen molar-refractivity contribution in [3.8, 4) is 11.3 Å². The largest absolute Gasteiger partial charge is 0.481 e. The number of carbonyl (C=O) groups excluding carboxylic acids is 1. The standard InChI is InChI=1S/C15H13ClN2O4/c16-10-3-1-2-9(6-10)11-7-12(22-18-11)13(19)17-8-15(4-5-15)14(20)21/h1-3,6-7H,4-5,8H2,(H,17,19)(H,20,21). The van der Waals surface area contributed by atoms with E-state index in [1.54, 1.807) is 24.3 Å². The van der Waals surface area contributed by atoms with E-state index in [-0.39, 0.29) is 12.3 Å². The molecule has 6 nitrogen and oxygen atoms in total. The predicted molar refractivity (Wildman–Crippen MR) is 78.6 cm³/mol. The van der Waals surface area contributed by atoms with Crippen molar-refractivity contribution in [2.75, 3.05) is 6.54 Å². The lowest BCUT2D eigenvalue weighted by atomic mass is 10.1. The smallest absolute Gasteiger partial charge is 0.311 e. The molecule has 0 atom stereocenters. The number of carbonyl (C=O) groups is 2. The quantitative estimate of drug-likeness (QED) is 0.883. The van der Waals surface area contributed by atoms with Crippen LogP contribution in [0.15, 0.2) is 34.9 Å². The first-order valence-corrected chi connectivity index (χ1v) is 7.12. The van der Waals surface area contributed by atoms with Crippen LogP contribution < -0.4 is 5.32 Å². The van der Waals surface area contributed by atoms with Crippen LogP contribution in [-0.2, 0) is 4.79 Å². The average Bonchev–Trinajstić information content (AvgIpc) is 3.13. The minimum atomic E-state index is -0.884. The summed E-state index contributed by atoms with van der Waals surface area (Å²) in [6, 6.07) is 8.52. The summed E-state index contributed by atoms with van der Waals surface area (Å²) >= 11 is 5.91. The molecule has 2 N–H and O–H groups in total. The summed E-state index contributed by atoms with van der Waals surface area (Å²) in [4.78, 5) is 23.0. The van der Waals surface area contributed by atoms with Crippen molar-refractivity contribution in [1.29, 1.82) is 0 Å². The first-order chi connectivity index (χ1) is 10.5. The Morgan fingerprint density at radius 3 is 2.77 bits per heavy atom. The van der Waals surface area contributed by atoms with Crippen molar-refractivity contribution in [3.63, 3.8) is 0 Å². The van der Waals surface area contributed by atoms with E-state index >= 15 is 0 Å². The predicted octanol–water partition coefficient (Wildman–Crippen LogP) is 2.59.